The van der Waals surface area contributed by atoms with E-state index in [9.17, 15) is 15.0 Å². The Balaban J connectivity index is 1.87. The number of rotatable bonds is 7. The van der Waals surface area contributed by atoms with Gasteiger partial charge in [-0.1, -0.05) is 114 Å². The van der Waals surface area contributed by atoms with Gasteiger partial charge in [-0.2, -0.15) is 0 Å². The van der Waals surface area contributed by atoms with Gasteiger partial charge in [0.2, 0.25) is 0 Å². The SMILES string of the molecule is CC(C)c1onc(-c2c(Cl)cccc2Cl)c1C(O)c1ccc(C=Cc2ccccc2)c(Cl)c1C(=O)O. The molecule has 5 nitrogen and oxygen atoms in total. The highest BCUT2D eigenvalue weighted by Gasteiger charge is 2.32. The minimum absolute atomic E-state index is 0.00566. The summed E-state index contributed by atoms with van der Waals surface area (Å²) in [4.78, 5) is 12.3. The number of hydrogen-bond acceptors (Lipinski definition) is 4. The molecule has 0 spiro atoms. The van der Waals surface area contributed by atoms with Crippen molar-refractivity contribution < 1.29 is 19.5 Å². The predicted octanol–water partition coefficient (Wildman–Crippen LogP) is 8.38. The molecule has 0 amide bonds. The molecule has 1 unspecified atom stereocenters. The molecule has 184 valence electrons. The molecular weight excluding hydrogens is 521 g/mol. The molecular formula is C28H22Cl3NO4. The Hall–Kier alpha value is -3.09. The first-order chi connectivity index (χ1) is 17.2. The van der Waals surface area contributed by atoms with Crippen LogP contribution in [0.2, 0.25) is 15.1 Å². The van der Waals surface area contributed by atoms with Crippen molar-refractivity contribution in [3.8, 4) is 11.3 Å². The smallest absolute Gasteiger partial charge is 0.337 e. The van der Waals surface area contributed by atoms with Crippen LogP contribution in [0.5, 0.6) is 0 Å². The number of halogens is 3. The van der Waals surface area contributed by atoms with Gasteiger partial charge < -0.3 is 14.7 Å². The summed E-state index contributed by atoms with van der Waals surface area (Å²) < 4.78 is 5.59. The predicted molar refractivity (Wildman–Crippen MR) is 144 cm³/mol. The van der Waals surface area contributed by atoms with E-state index in [1.54, 1.807) is 36.4 Å². The van der Waals surface area contributed by atoms with Crippen molar-refractivity contribution in [3.63, 3.8) is 0 Å². The summed E-state index contributed by atoms with van der Waals surface area (Å²) in [5, 5.41) is 26.4. The van der Waals surface area contributed by atoms with Crippen LogP contribution in [0.4, 0.5) is 0 Å². The fraction of sp³-hybridized carbons (Fsp3) is 0.143. The maximum absolute atomic E-state index is 12.3. The molecule has 4 rings (SSSR count). The van der Waals surface area contributed by atoms with Crippen molar-refractivity contribution in [2.24, 2.45) is 0 Å². The Morgan fingerprint density at radius 3 is 2.22 bits per heavy atom. The maximum atomic E-state index is 12.3. The molecule has 1 heterocycles. The molecule has 1 aromatic heterocycles. The van der Waals surface area contributed by atoms with Crippen LogP contribution in [0, 0.1) is 0 Å². The molecule has 1 atom stereocenters. The Morgan fingerprint density at radius 2 is 1.61 bits per heavy atom. The Labute approximate surface area is 223 Å². The van der Waals surface area contributed by atoms with Gasteiger partial charge in [-0.25, -0.2) is 4.79 Å². The topological polar surface area (TPSA) is 83.6 Å². The van der Waals surface area contributed by atoms with Crippen molar-refractivity contribution >= 4 is 52.9 Å². The minimum Gasteiger partial charge on any atom is -0.478 e. The largest absolute Gasteiger partial charge is 0.478 e. The van der Waals surface area contributed by atoms with Crippen LogP contribution in [-0.4, -0.2) is 21.3 Å². The molecule has 0 fully saturated rings. The van der Waals surface area contributed by atoms with Crippen LogP contribution in [0.15, 0.2) is 65.2 Å². The summed E-state index contributed by atoms with van der Waals surface area (Å²) in [6.45, 7) is 3.74. The fourth-order valence-corrected chi connectivity index (χ4v) is 4.87. The third kappa shape index (κ3) is 5.06. The van der Waals surface area contributed by atoms with Gasteiger partial charge in [0.1, 0.15) is 17.6 Å². The van der Waals surface area contributed by atoms with E-state index in [1.807, 2.05) is 50.3 Å². The highest BCUT2D eigenvalue weighted by molar-refractivity contribution is 6.39. The van der Waals surface area contributed by atoms with E-state index in [0.29, 0.717) is 26.9 Å². The van der Waals surface area contributed by atoms with E-state index in [4.69, 9.17) is 39.3 Å². The number of benzene rings is 3. The normalized spacial score (nSPS) is 12.4. The van der Waals surface area contributed by atoms with E-state index in [0.717, 1.165) is 5.56 Å². The summed E-state index contributed by atoms with van der Waals surface area (Å²) in [6.07, 6.45) is 2.14. The monoisotopic (exact) mass is 541 g/mol. The molecule has 0 aliphatic heterocycles. The lowest BCUT2D eigenvalue weighted by Crippen LogP contribution is -2.12. The van der Waals surface area contributed by atoms with Gasteiger partial charge in [0.15, 0.2) is 0 Å². The van der Waals surface area contributed by atoms with Crippen LogP contribution in [0.3, 0.4) is 0 Å². The molecule has 0 bridgehead atoms. The molecule has 0 saturated heterocycles. The zero-order chi connectivity index (χ0) is 26.0. The first-order valence-corrected chi connectivity index (χ1v) is 12.2. The number of aromatic carboxylic acids is 1. The number of nitrogens with zero attached hydrogens (tertiary/aromatic N) is 1. The van der Waals surface area contributed by atoms with Crippen molar-refractivity contribution in [1.29, 1.82) is 0 Å². The first-order valence-electron chi connectivity index (χ1n) is 11.1. The number of aliphatic hydroxyl groups is 1. The van der Waals surface area contributed by atoms with Gasteiger partial charge in [0.05, 0.1) is 26.2 Å². The number of carboxylic acid groups (broad SMARTS) is 1. The Morgan fingerprint density at radius 1 is 0.944 bits per heavy atom. The maximum Gasteiger partial charge on any atom is 0.337 e. The molecule has 2 N–H and O–H groups in total. The minimum atomic E-state index is -1.42. The molecule has 0 radical (unpaired) electrons. The Bertz CT molecular complexity index is 1420. The molecule has 3 aromatic carbocycles. The second-order valence-corrected chi connectivity index (χ2v) is 9.64. The van der Waals surface area contributed by atoms with E-state index in [1.165, 1.54) is 0 Å². The van der Waals surface area contributed by atoms with Crippen molar-refractivity contribution in [2.75, 3.05) is 0 Å². The van der Waals surface area contributed by atoms with Gasteiger partial charge in [0, 0.05) is 17.0 Å². The summed E-state index contributed by atoms with van der Waals surface area (Å²) in [6, 6.07) is 17.7. The van der Waals surface area contributed by atoms with E-state index >= 15 is 0 Å². The number of carboxylic acids is 1. The van der Waals surface area contributed by atoms with Gasteiger partial charge >= 0.3 is 5.97 Å². The van der Waals surface area contributed by atoms with E-state index < -0.39 is 12.1 Å². The van der Waals surface area contributed by atoms with Gasteiger partial charge in [0.25, 0.3) is 0 Å². The van der Waals surface area contributed by atoms with Crippen LogP contribution >= 0.6 is 34.8 Å². The molecule has 0 aliphatic carbocycles. The van der Waals surface area contributed by atoms with Gasteiger partial charge in [-0.05, 0) is 23.3 Å². The summed E-state index contributed by atoms with van der Waals surface area (Å²) in [5.41, 5.74) is 2.22. The summed E-state index contributed by atoms with van der Waals surface area (Å²) >= 11 is 19.4. The van der Waals surface area contributed by atoms with Crippen LogP contribution in [0.1, 0.15) is 64.2 Å². The standard InChI is InChI=1S/C28H22Cl3NO4/c1-15(2)27-23(25(32-36-27)22-19(29)9-6-10-20(22)30)26(33)18-14-13-17(24(31)21(18)28(34)35)12-11-16-7-4-3-5-8-16/h3-15,26,33H,1-2H3,(H,34,35). The van der Waals surface area contributed by atoms with Gasteiger partial charge in [-0.15, -0.1) is 0 Å². The number of carbonyl (C=O) groups is 1. The van der Waals surface area contributed by atoms with Crippen LogP contribution < -0.4 is 0 Å². The lowest BCUT2D eigenvalue weighted by molar-refractivity contribution is 0.0691. The second kappa shape index (κ2) is 10.9. The molecule has 8 heteroatoms. The van der Waals surface area contributed by atoms with Crippen LogP contribution in [0.25, 0.3) is 23.4 Å². The highest BCUT2D eigenvalue weighted by atomic mass is 35.5. The van der Waals surface area contributed by atoms with E-state index in [2.05, 4.69) is 5.16 Å². The van der Waals surface area contributed by atoms with E-state index in [-0.39, 0.29) is 33.3 Å². The molecule has 4 aromatic rings. The lowest BCUT2D eigenvalue weighted by atomic mass is 9.90. The Kier molecular flexibility index (Phi) is 7.86. The number of aliphatic hydroxyl groups excluding tert-OH is 1. The average molecular weight is 543 g/mol. The highest BCUT2D eigenvalue weighted by Crippen LogP contribution is 2.43. The fourth-order valence-electron chi connectivity index (χ4n) is 3.98. The zero-order valence-corrected chi connectivity index (χ0v) is 21.6. The van der Waals surface area contributed by atoms with Gasteiger partial charge in [-0.3, -0.25) is 0 Å². The molecule has 36 heavy (non-hydrogen) atoms. The quantitative estimate of drug-likeness (QED) is 0.229. The zero-order valence-electron chi connectivity index (χ0n) is 19.4. The third-order valence-electron chi connectivity index (χ3n) is 5.72. The number of aromatic nitrogens is 1. The average Bonchev–Trinajstić information content (AvgIpc) is 3.28. The van der Waals surface area contributed by atoms with Crippen molar-refractivity contribution in [1.82, 2.24) is 5.16 Å². The second-order valence-electron chi connectivity index (χ2n) is 8.45. The lowest BCUT2D eigenvalue weighted by Gasteiger charge is -2.18. The first kappa shape index (κ1) is 26.0. The summed E-state index contributed by atoms with van der Waals surface area (Å²) in [7, 11) is 0. The third-order valence-corrected chi connectivity index (χ3v) is 6.76. The van der Waals surface area contributed by atoms with Crippen LogP contribution in [-0.2, 0) is 0 Å². The molecule has 0 aliphatic rings. The van der Waals surface area contributed by atoms with Crippen molar-refractivity contribution in [3.05, 3.63) is 109 Å². The number of hydrogen-bond donors (Lipinski definition) is 2. The van der Waals surface area contributed by atoms with Crippen molar-refractivity contribution in [2.45, 2.75) is 25.9 Å². The molecule has 0 saturated carbocycles. The summed E-state index contributed by atoms with van der Waals surface area (Å²) in [5.74, 6) is -1.06.